The Morgan fingerprint density at radius 2 is 2.11 bits per heavy atom. The van der Waals surface area contributed by atoms with Crippen molar-refractivity contribution < 1.29 is 9.13 Å². The normalized spacial score (nSPS) is 12.5. The van der Waals surface area contributed by atoms with E-state index in [1.165, 1.54) is 13.2 Å². The Hall–Kier alpha value is -0.910. The molecule has 0 aliphatic carbocycles. The maximum atomic E-state index is 14.1. The Labute approximate surface area is 124 Å². The van der Waals surface area contributed by atoms with Crippen molar-refractivity contribution in [3.63, 3.8) is 0 Å². The van der Waals surface area contributed by atoms with E-state index in [9.17, 15) is 4.39 Å². The summed E-state index contributed by atoms with van der Waals surface area (Å²) in [5.41, 5.74) is 1.78. The molecule has 1 aromatic carbocycles. The summed E-state index contributed by atoms with van der Waals surface area (Å²) < 4.78 is 20.2. The van der Waals surface area contributed by atoms with Crippen molar-refractivity contribution in [2.24, 2.45) is 0 Å². The van der Waals surface area contributed by atoms with Gasteiger partial charge in [-0.05, 0) is 47.6 Å². The molecule has 0 fully saturated rings. The number of aryl methyl sites for hydroxylation is 1. The molecule has 102 valence electrons. The summed E-state index contributed by atoms with van der Waals surface area (Å²) in [5.74, 6) is 0.264. The number of benzene rings is 1. The first kappa shape index (κ1) is 14.5. The van der Waals surface area contributed by atoms with Gasteiger partial charge in [-0.25, -0.2) is 4.39 Å². The third kappa shape index (κ3) is 2.99. The lowest BCUT2D eigenvalue weighted by Crippen LogP contribution is -2.17. The molecule has 1 unspecified atom stereocenters. The average molecular weight is 344 g/mol. The Bertz CT molecular complexity index is 565. The summed E-state index contributed by atoms with van der Waals surface area (Å²) in [7, 11) is 3.36. The molecule has 2 nitrogen and oxygen atoms in total. The summed E-state index contributed by atoms with van der Waals surface area (Å²) in [4.78, 5) is 1.08. The summed E-state index contributed by atoms with van der Waals surface area (Å²) in [5, 5.41) is 3.16. The van der Waals surface area contributed by atoms with Crippen LogP contribution in [0.5, 0.6) is 5.75 Å². The van der Waals surface area contributed by atoms with Crippen molar-refractivity contribution in [3.8, 4) is 5.75 Å². The molecule has 1 heterocycles. The fourth-order valence-electron chi connectivity index (χ4n) is 1.95. The highest BCUT2D eigenvalue weighted by Crippen LogP contribution is 2.35. The van der Waals surface area contributed by atoms with E-state index in [2.05, 4.69) is 27.3 Å². The molecule has 0 aliphatic rings. The number of halogens is 2. The maximum Gasteiger partial charge on any atom is 0.132 e. The summed E-state index contributed by atoms with van der Waals surface area (Å²) in [6, 6.07) is 6.87. The van der Waals surface area contributed by atoms with Gasteiger partial charge >= 0.3 is 0 Å². The first-order valence-electron chi connectivity index (χ1n) is 5.83. The van der Waals surface area contributed by atoms with Crippen LogP contribution in [0, 0.1) is 12.7 Å². The van der Waals surface area contributed by atoms with Crippen molar-refractivity contribution in [2.75, 3.05) is 14.2 Å². The summed E-state index contributed by atoms with van der Waals surface area (Å²) >= 11 is 5.12. The lowest BCUT2D eigenvalue weighted by Gasteiger charge is -2.16. The van der Waals surface area contributed by atoms with E-state index in [0.29, 0.717) is 11.3 Å². The standard InChI is InChI=1S/C14H15BrFNOS/c1-8-6-12(19-14(8)15)13(17-2)10-5-4-9(18-3)7-11(10)16/h4-7,13,17H,1-3H3. The molecule has 0 aliphatic heterocycles. The van der Waals surface area contributed by atoms with Crippen LogP contribution in [0.3, 0.4) is 0 Å². The van der Waals surface area contributed by atoms with Crippen LogP contribution in [0.2, 0.25) is 0 Å². The van der Waals surface area contributed by atoms with E-state index >= 15 is 0 Å². The van der Waals surface area contributed by atoms with Gasteiger partial charge in [-0.15, -0.1) is 11.3 Å². The van der Waals surface area contributed by atoms with Crippen molar-refractivity contribution in [2.45, 2.75) is 13.0 Å². The first-order chi connectivity index (χ1) is 9.06. The Morgan fingerprint density at radius 1 is 1.37 bits per heavy atom. The largest absolute Gasteiger partial charge is 0.497 e. The number of hydrogen-bond acceptors (Lipinski definition) is 3. The number of nitrogens with one attached hydrogen (secondary N) is 1. The van der Waals surface area contributed by atoms with Crippen LogP contribution in [-0.2, 0) is 0 Å². The molecule has 1 aromatic heterocycles. The Balaban J connectivity index is 2.42. The topological polar surface area (TPSA) is 21.3 Å². The van der Waals surface area contributed by atoms with E-state index < -0.39 is 0 Å². The SMILES string of the molecule is CNC(c1cc(C)c(Br)s1)c1ccc(OC)cc1F. The van der Waals surface area contributed by atoms with Gasteiger partial charge in [0.15, 0.2) is 0 Å². The van der Waals surface area contributed by atoms with Gasteiger partial charge in [0.1, 0.15) is 11.6 Å². The van der Waals surface area contributed by atoms with Gasteiger partial charge in [-0.3, -0.25) is 0 Å². The van der Waals surface area contributed by atoms with E-state index in [-0.39, 0.29) is 11.9 Å². The minimum Gasteiger partial charge on any atom is -0.497 e. The fourth-order valence-corrected chi connectivity index (χ4v) is 3.65. The highest BCUT2D eigenvalue weighted by molar-refractivity contribution is 9.11. The minimum atomic E-state index is -0.263. The third-order valence-corrected chi connectivity index (χ3v) is 5.17. The molecule has 0 saturated carbocycles. The molecule has 1 atom stereocenters. The molecule has 2 aromatic rings. The third-order valence-electron chi connectivity index (χ3n) is 2.97. The predicted octanol–water partition coefficient (Wildman–Crippen LogP) is 4.28. The molecule has 0 spiro atoms. The lowest BCUT2D eigenvalue weighted by molar-refractivity contribution is 0.410. The molecule has 0 saturated heterocycles. The van der Waals surface area contributed by atoms with Gasteiger partial charge in [-0.1, -0.05) is 6.07 Å². The molecule has 1 N–H and O–H groups in total. The first-order valence-corrected chi connectivity index (χ1v) is 7.44. The average Bonchev–Trinajstić information content (AvgIpc) is 2.72. The fraction of sp³-hybridized carbons (Fsp3) is 0.286. The molecule has 19 heavy (non-hydrogen) atoms. The van der Waals surface area contributed by atoms with Crippen molar-refractivity contribution in [3.05, 3.63) is 49.9 Å². The van der Waals surface area contributed by atoms with E-state index in [1.807, 2.05) is 14.0 Å². The Morgan fingerprint density at radius 3 is 2.58 bits per heavy atom. The second-order valence-electron chi connectivity index (χ2n) is 4.21. The molecule has 0 bridgehead atoms. The number of hydrogen-bond donors (Lipinski definition) is 1. The zero-order valence-electron chi connectivity index (χ0n) is 11.0. The van der Waals surface area contributed by atoms with E-state index in [4.69, 9.17) is 4.74 Å². The molecule has 0 radical (unpaired) electrons. The number of ether oxygens (including phenoxy) is 1. The molecule has 2 rings (SSSR count). The maximum absolute atomic E-state index is 14.1. The van der Waals surface area contributed by atoms with Gasteiger partial charge < -0.3 is 10.1 Å². The van der Waals surface area contributed by atoms with Gasteiger partial charge in [-0.2, -0.15) is 0 Å². The zero-order valence-corrected chi connectivity index (χ0v) is 13.4. The quantitative estimate of drug-likeness (QED) is 0.894. The van der Waals surface area contributed by atoms with Crippen LogP contribution in [0.1, 0.15) is 22.0 Å². The van der Waals surface area contributed by atoms with E-state index in [0.717, 1.165) is 14.2 Å². The molecule has 5 heteroatoms. The van der Waals surface area contributed by atoms with Gasteiger partial charge in [0, 0.05) is 16.5 Å². The van der Waals surface area contributed by atoms with E-state index in [1.54, 1.807) is 23.5 Å². The van der Waals surface area contributed by atoms with Gasteiger partial charge in [0.25, 0.3) is 0 Å². The van der Waals surface area contributed by atoms with Crippen molar-refractivity contribution >= 4 is 27.3 Å². The van der Waals surface area contributed by atoms with Crippen molar-refractivity contribution in [1.29, 1.82) is 0 Å². The van der Waals surface area contributed by atoms with Crippen molar-refractivity contribution in [1.82, 2.24) is 5.32 Å². The highest BCUT2D eigenvalue weighted by atomic mass is 79.9. The van der Waals surface area contributed by atoms with Crippen LogP contribution in [-0.4, -0.2) is 14.2 Å². The summed E-state index contributed by atoms with van der Waals surface area (Å²) in [6.45, 7) is 2.03. The second kappa shape index (κ2) is 6.03. The zero-order chi connectivity index (χ0) is 14.0. The van der Waals surface area contributed by atoms with Crippen LogP contribution in [0.25, 0.3) is 0 Å². The van der Waals surface area contributed by atoms with Crippen LogP contribution in [0.15, 0.2) is 28.1 Å². The summed E-state index contributed by atoms with van der Waals surface area (Å²) in [6.07, 6.45) is 0. The lowest BCUT2D eigenvalue weighted by atomic mass is 10.0. The number of methoxy groups -OCH3 is 1. The smallest absolute Gasteiger partial charge is 0.132 e. The molecule has 0 amide bonds. The second-order valence-corrected chi connectivity index (χ2v) is 6.62. The number of rotatable bonds is 4. The Kier molecular flexibility index (Phi) is 4.60. The van der Waals surface area contributed by atoms with Gasteiger partial charge in [0.2, 0.25) is 0 Å². The molecular formula is C14H15BrFNOS. The van der Waals surface area contributed by atoms with Crippen LogP contribution < -0.4 is 10.1 Å². The highest BCUT2D eigenvalue weighted by Gasteiger charge is 2.19. The van der Waals surface area contributed by atoms with Crippen LogP contribution in [0.4, 0.5) is 4.39 Å². The van der Waals surface area contributed by atoms with Crippen LogP contribution >= 0.6 is 27.3 Å². The monoisotopic (exact) mass is 343 g/mol. The van der Waals surface area contributed by atoms with Gasteiger partial charge in [0.05, 0.1) is 16.9 Å². The predicted molar refractivity (Wildman–Crippen MR) is 80.6 cm³/mol. The minimum absolute atomic E-state index is 0.152. The number of thiophene rings is 1. The molecular weight excluding hydrogens is 329 g/mol.